The topological polar surface area (TPSA) is 0 Å². The minimum Gasteiger partial charge on any atom is -1.00 e. The van der Waals surface area contributed by atoms with Crippen molar-refractivity contribution in [3.63, 3.8) is 0 Å². The number of hydrogen-bond donors (Lipinski definition) is 0. The quantitative estimate of drug-likeness (QED) is 0.310. The van der Waals surface area contributed by atoms with E-state index in [9.17, 15) is 0 Å². The van der Waals surface area contributed by atoms with Crippen molar-refractivity contribution < 1.29 is 50.7 Å². The van der Waals surface area contributed by atoms with Gasteiger partial charge in [0.25, 0.3) is 0 Å². The van der Waals surface area contributed by atoms with Crippen LogP contribution in [0.15, 0.2) is 17.7 Å². The molecule has 12 heavy (non-hydrogen) atoms. The Morgan fingerprint density at radius 2 is 1.75 bits per heavy atom. The Kier molecular flexibility index (Phi) is 11.4. The molecule has 0 N–H and O–H groups in total. The first kappa shape index (κ1) is 18.7. The second-order valence-corrected chi connectivity index (χ2v) is 3.46. The molecular formula is C9H13Cl2Hf-3. The second kappa shape index (κ2) is 7.34. The molecule has 3 heteroatoms. The van der Waals surface area contributed by atoms with Crippen LogP contribution < -0.4 is 24.8 Å². The zero-order valence-electron chi connectivity index (χ0n) is 7.62. The molecule has 0 aliphatic heterocycles. The molecule has 0 aromatic heterocycles. The third-order valence-electron chi connectivity index (χ3n) is 1.56. The van der Waals surface area contributed by atoms with E-state index in [2.05, 4.69) is 39.0 Å². The van der Waals surface area contributed by atoms with Gasteiger partial charge in [-0.3, -0.25) is 6.08 Å². The monoisotopic (exact) mass is 371 g/mol. The molecule has 1 aliphatic carbocycles. The number of rotatable bonds is 0. The van der Waals surface area contributed by atoms with Crippen molar-refractivity contribution in [3.05, 3.63) is 23.8 Å². The Bertz CT molecular complexity index is 166. The maximum Gasteiger partial charge on any atom is 0 e. The molecule has 0 aromatic rings. The first-order valence-corrected chi connectivity index (χ1v) is 3.38. The predicted molar refractivity (Wildman–Crippen MR) is 40.0 cm³/mol. The molecule has 0 radical (unpaired) electrons. The molecule has 0 heterocycles. The summed E-state index contributed by atoms with van der Waals surface area (Å²) >= 11 is 0. The van der Waals surface area contributed by atoms with Crippen LogP contribution in [-0.2, 0) is 25.8 Å². The second-order valence-electron chi connectivity index (χ2n) is 3.46. The minimum absolute atomic E-state index is 0. The summed E-state index contributed by atoms with van der Waals surface area (Å²) in [5.41, 5.74) is 1.74. The van der Waals surface area contributed by atoms with Crippen molar-refractivity contribution in [3.8, 4) is 0 Å². The van der Waals surface area contributed by atoms with Gasteiger partial charge in [0, 0.05) is 25.8 Å². The molecule has 0 bridgehead atoms. The summed E-state index contributed by atoms with van der Waals surface area (Å²) in [5.74, 6) is 0. The molecule has 0 saturated carbocycles. The van der Waals surface area contributed by atoms with Gasteiger partial charge in [-0.05, 0) is 0 Å². The van der Waals surface area contributed by atoms with Crippen LogP contribution in [0.1, 0.15) is 27.2 Å². The van der Waals surface area contributed by atoms with Gasteiger partial charge in [-0.1, -0.05) is 26.2 Å². The van der Waals surface area contributed by atoms with E-state index < -0.39 is 0 Å². The Morgan fingerprint density at radius 3 is 1.92 bits per heavy atom. The average Bonchev–Trinajstić information content (AvgIpc) is 2.08. The summed E-state index contributed by atoms with van der Waals surface area (Å²) in [6.07, 6.45) is 8.50. The van der Waals surface area contributed by atoms with E-state index >= 15 is 0 Å². The smallest absolute Gasteiger partial charge is 0 e. The Balaban J connectivity index is -0.000000270. The SMILES string of the molecule is CC(C)(C)C1=CC[C-]=C1.[Cl-].[Cl-].[Hf]. The average molecular weight is 371 g/mol. The van der Waals surface area contributed by atoms with Crippen molar-refractivity contribution in [2.24, 2.45) is 5.41 Å². The molecule has 0 spiro atoms. The van der Waals surface area contributed by atoms with E-state index in [-0.39, 0.29) is 50.7 Å². The molecule has 0 atom stereocenters. The Morgan fingerprint density at radius 1 is 1.25 bits per heavy atom. The third kappa shape index (κ3) is 5.55. The fourth-order valence-electron chi connectivity index (χ4n) is 0.919. The normalized spacial score (nSPS) is 13.8. The summed E-state index contributed by atoms with van der Waals surface area (Å²) in [6.45, 7) is 6.67. The molecule has 1 rings (SSSR count). The Labute approximate surface area is 106 Å². The van der Waals surface area contributed by atoms with Crippen LogP contribution in [0, 0.1) is 11.5 Å². The van der Waals surface area contributed by atoms with Crippen LogP contribution in [0.5, 0.6) is 0 Å². The van der Waals surface area contributed by atoms with Gasteiger partial charge in [-0.25, -0.2) is 6.08 Å². The van der Waals surface area contributed by atoms with E-state index in [1.165, 1.54) is 5.57 Å². The van der Waals surface area contributed by atoms with E-state index in [0.29, 0.717) is 5.41 Å². The van der Waals surface area contributed by atoms with Crippen LogP contribution in [0.4, 0.5) is 0 Å². The van der Waals surface area contributed by atoms with Crippen LogP contribution in [-0.4, -0.2) is 0 Å². The standard InChI is InChI=1S/C9H13.2ClH.Hf/c1-9(2,3)8-6-4-5-7-8;;;/h6-7H,4H2,1-3H3;2*1H;/q-1;;;/p-2. The fraction of sp³-hybridized carbons (Fsp3) is 0.556. The molecule has 0 unspecified atom stereocenters. The van der Waals surface area contributed by atoms with Crippen LogP contribution >= 0.6 is 0 Å². The summed E-state index contributed by atoms with van der Waals surface area (Å²) in [6, 6.07) is 0. The molecule has 0 nitrogen and oxygen atoms in total. The third-order valence-corrected chi connectivity index (χ3v) is 1.56. The van der Waals surface area contributed by atoms with E-state index in [0.717, 1.165) is 6.42 Å². The number of hydrogen-bond acceptors (Lipinski definition) is 0. The van der Waals surface area contributed by atoms with Gasteiger partial charge in [0.15, 0.2) is 0 Å². The molecule has 70 valence electrons. The van der Waals surface area contributed by atoms with Crippen LogP contribution in [0.2, 0.25) is 0 Å². The maximum atomic E-state index is 3.16. The van der Waals surface area contributed by atoms with E-state index in [4.69, 9.17) is 0 Å². The van der Waals surface area contributed by atoms with Crippen molar-refractivity contribution in [2.45, 2.75) is 27.2 Å². The molecule has 0 amide bonds. The molecule has 0 fully saturated rings. The van der Waals surface area contributed by atoms with Crippen molar-refractivity contribution in [1.29, 1.82) is 0 Å². The molecule has 0 saturated heterocycles. The first-order chi connectivity index (χ1) is 4.11. The number of halogens is 2. The summed E-state index contributed by atoms with van der Waals surface area (Å²) in [7, 11) is 0. The Hall–Kier alpha value is 0.930. The minimum atomic E-state index is 0. The van der Waals surface area contributed by atoms with Crippen molar-refractivity contribution >= 4 is 0 Å². The van der Waals surface area contributed by atoms with Crippen LogP contribution in [0.3, 0.4) is 0 Å². The largest absolute Gasteiger partial charge is 1.00 e. The maximum absolute atomic E-state index is 3.16. The van der Waals surface area contributed by atoms with Gasteiger partial charge in [-0.15, -0.1) is 6.42 Å². The van der Waals surface area contributed by atoms with E-state index in [1.54, 1.807) is 0 Å². The summed E-state index contributed by atoms with van der Waals surface area (Å²) in [4.78, 5) is 0. The molecular weight excluding hydrogens is 357 g/mol. The molecule has 1 aliphatic rings. The fourth-order valence-corrected chi connectivity index (χ4v) is 0.919. The van der Waals surface area contributed by atoms with Gasteiger partial charge in [-0.2, -0.15) is 11.6 Å². The van der Waals surface area contributed by atoms with Gasteiger partial charge in [0.1, 0.15) is 0 Å². The van der Waals surface area contributed by atoms with Gasteiger partial charge in [0.2, 0.25) is 0 Å². The molecule has 0 aromatic carbocycles. The van der Waals surface area contributed by atoms with E-state index in [1.807, 2.05) is 0 Å². The van der Waals surface area contributed by atoms with Gasteiger partial charge < -0.3 is 24.8 Å². The summed E-state index contributed by atoms with van der Waals surface area (Å²) < 4.78 is 0. The van der Waals surface area contributed by atoms with Crippen LogP contribution in [0.25, 0.3) is 0 Å². The van der Waals surface area contributed by atoms with Gasteiger partial charge >= 0.3 is 0 Å². The van der Waals surface area contributed by atoms with Crippen molar-refractivity contribution in [1.82, 2.24) is 0 Å². The zero-order chi connectivity index (χ0) is 6.91. The van der Waals surface area contributed by atoms with Gasteiger partial charge in [0.05, 0.1) is 0 Å². The summed E-state index contributed by atoms with van der Waals surface area (Å²) in [5, 5.41) is 0. The van der Waals surface area contributed by atoms with Crippen molar-refractivity contribution in [2.75, 3.05) is 0 Å². The zero-order valence-corrected chi connectivity index (χ0v) is 12.7. The first-order valence-electron chi connectivity index (χ1n) is 3.38. The number of allylic oxidation sites excluding steroid dienone is 4. The predicted octanol–water partition coefficient (Wildman–Crippen LogP) is -3.27.